The molecule has 5 nitrogen and oxygen atoms in total. The van der Waals surface area contributed by atoms with Crippen LogP contribution in [0.15, 0.2) is 18.3 Å². The van der Waals surface area contributed by atoms with Crippen molar-refractivity contribution in [2.45, 2.75) is 46.5 Å². The highest BCUT2D eigenvalue weighted by atomic mass is 16.4. The quantitative estimate of drug-likeness (QED) is 0.942. The fourth-order valence-corrected chi connectivity index (χ4v) is 2.26. The molecule has 2 heterocycles. The summed E-state index contributed by atoms with van der Waals surface area (Å²) in [5, 5.41) is 13.4. The van der Waals surface area contributed by atoms with Gasteiger partial charge in [0.05, 0.1) is 12.1 Å². The summed E-state index contributed by atoms with van der Waals surface area (Å²) in [4.78, 5) is 15.4. The van der Waals surface area contributed by atoms with E-state index in [1.807, 2.05) is 32.2 Å². The van der Waals surface area contributed by atoms with Gasteiger partial charge < -0.3 is 5.11 Å². The Labute approximate surface area is 124 Å². The largest absolute Gasteiger partial charge is 0.481 e. The van der Waals surface area contributed by atoms with Crippen LogP contribution in [0.3, 0.4) is 0 Å². The molecular formula is C16H21N3O2. The summed E-state index contributed by atoms with van der Waals surface area (Å²) in [5.41, 5.74) is 3.51. The van der Waals surface area contributed by atoms with Gasteiger partial charge in [0.1, 0.15) is 0 Å². The highest BCUT2D eigenvalue weighted by Gasteiger charge is 2.17. The summed E-state index contributed by atoms with van der Waals surface area (Å²) in [5.74, 6) is -0.142. The Morgan fingerprint density at radius 3 is 2.43 bits per heavy atom. The molecule has 1 N–H and O–H groups in total. The van der Waals surface area contributed by atoms with Gasteiger partial charge in [-0.3, -0.25) is 4.79 Å². The molecule has 0 atom stereocenters. The number of aliphatic carboxylic acids is 1. The Kier molecular flexibility index (Phi) is 3.85. The van der Waals surface area contributed by atoms with Crippen molar-refractivity contribution in [2.24, 2.45) is 0 Å². The lowest BCUT2D eigenvalue weighted by molar-refractivity contribution is -0.136. The van der Waals surface area contributed by atoms with E-state index in [1.54, 1.807) is 4.68 Å². The zero-order chi connectivity index (χ0) is 15.8. The van der Waals surface area contributed by atoms with E-state index >= 15 is 0 Å². The average molecular weight is 287 g/mol. The molecule has 0 amide bonds. The van der Waals surface area contributed by atoms with Gasteiger partial charge in [0, 0.05) is 17.5 Å². The van der Waals surface area contributed by atoms with Crippen LogP contribution in [0, 0.1) is 13.8 Å². The molecule has 0 aliphatic rings. The van der Waals surface area contributed by atoms with Crippen LogP contribution in [-0.4, -0.2) is 25.8 Å². The van der Waals surface area contributed by atoms with E-state index in [2.05, 4.69) is 30.9 Å². The standard InChI is InChI=1S/C16H21N3O2/c1-10-13(8-15(20)21)11(2)19(18-10)14-7-6-12(9-17-14)16(3,4)5/h6-7,9H,8H2,1-5H3,(H,20,21). The lowest BCUT2D eigenvalue weighted by Gasteiger charge is -2.18. The van der Waals surface area contributed by atoms with Crippen molar-refractivity contribution in [2.75, 3.05) is 0 Å². The van der Waals surface area contributed by atoms with Crippen molar-refractivity contribution in [3.05, 3.63) is 40.8 Å². The molecular weight excluding hydrogens is 266 g/mol. The first-order valence-corrected chi connectivity index (χ1v) is 6.94. The number of aryl methyl sites for hydroxylation is 1. The normalized spacial score (nSPS) is 11.7. The molecule has 0 aromatic carbocycles. The lowest BCUT2D eigenvalue weighted by atomic mass is 9.88. The third-order valence-electron chi connectivity index (χ3n) is 3.60. The zero-order valence-corrected chi connectivity index (χ0v) is 13.1. The summed E-state index contributed by atoms with van der Waals surface area (Å²) in [6.45, 7) is 10.1. The van der Waals surface area contributed by atoms with E-state index in [9.17, 15) is 4.79 Å². The first-order chi connectivity index (χ1) is 9.70. The lowest BCUT2D eigenvalue weighted by Crippen LogP contribution is -2.12. The van der Waals surface area contributed by atoms with Crippen LogP contribution < -0.4 is 0 Å². The van der Waals surface area contributed by atoms with Crippen molar-refractivity contribution >= 4 is 5.97 Å². The molecule has 0 bridgehead atoms. The van der Waals surface area contributed by atoms with Gasteiger partial charge in [-0.25, -0.2) is 9.67 Å². The van der Waals surface area contributed by atoms with Crippen LogP contribution in [0.25, 0.3) is 5.82 Å². The molecule has 0 saturated carbocycles. The summed E-state index contributed by atoms with van der Waals surface area (Å²) in [7, 11) is 0. The minimum absolute atomic E-state index is 0.0161. The molecule has 2 aromatic heterocycles. The molecule has 0 radical (unpaired) electrons. The molecule has 0 spiro atoms. The fraction of sp³-hybridized carbons (Fsp3) is 0.438. The van der Waals surface area contributed by atoms with Gasteiger partial charge in [0.25, 0.3) is 0 Å². The predicted molar refractivity (Wildman–Crippen MR) is 80.9 cm³/mol. The smallest absolute Gasteiger partial charge is 0.307 e. The molecule has 0 unspecified atom stereocenters. The summed E-state index contributed by atoms with van der Waals surface area (Å²) < 4.78 is 1.71. The molecule has 2 aromatic rings. The number of aromatic nitrogens is 3. The molecule has 5 heteroatoms. The molecule has 0 saturated heterocycles. The van der Waals surface area contributed by atoms with Gasteiger partial charge >= 0.3 is 5.97 Å². The van der Waals surface area contributed by atoms with Crippen LogP contribution in [-0.2, 0) is 16.6 Å². The van der Waals surface area contributed by atoms with Gasteiger partial charge in [0.2, 0.25) is 0 Å². The van der Waals surface area contributed by atoms with Crippen LogP contribution in [0.5, 0.6) is 0 Å². The van der Waals surface area contributed by atoms with Crippen molar-refractivity contribution in [3.63, 3.8) is 0 Å². The maximum atomic E-state index is 10.9. The molecule has 112 valence electrons. The number of carboxylic acids is 1. The number of rotatable bonds is 3. The number of hydrogen-bond acceptors (Lipinski definition) is 3. The van der Waals surface area contributed by atoms with E-state index in [0.717, 1.165) is 22.5 Å². The van der Waals surface area contributed by atoms with Gasteiger partial charge in [-0.15, -0.1) is 0 Å². The Morgan fingerprint density at radius 2 is 1.95 bits per heavy atom. The maximum absolute atomic E-state index is 10.9. The predicted octanol–water partition coefficient (Wildman–Crippen LogP) is 2.81. The van der Waals surface area contributed by atoms with Gasteiger partial charge in [-0.05, 0) is 30.9 Å². The monoisotopic (exact) mass is 287 g/mol. The fourth-order valence-electron chi connectivity index (χ4n) is 2.26. The minimum atomic E-state index is -0.850. The van der Waals surface area contributed by atoms with Crippen molar-refractivity contribution < 1.29 is 9.90 Å². The van der Waals surface area contributed by atoms with Gasteiger partial charge in [0.15, 0.2) is 5.82 Å². The van der Waals surface area contributed by atoms with E-state index in [1.165, 1.54) is 0 Å². The summed E-state index contributed by atoms with van der Waals surface area (Å²) >= 11 is 0. The Bertz CT molecular complexity index is 664. The van der Waals surface area contributed by atoms with Crippen LogP contribution in [0.4, 0.5) is 0 Å². The summed E-state index contributed by atoms with van der Waals surface area (Å²) in [6.07, 6.45) is 1.83. The van der Waals surface area contributed by atoms with Crippen LogP contribution in [0.1, 0.15) is 43.3 Å². The summed E-state index contributed by atoms with van der Waals surface area (Å²) in [6, 6.07) is 3.96. The van der Waals surface area contributed by atoms with E-state index < -0.39 is 5.97 Å². The number of nitrogens with zero attached hydrogens (tertiary/aromatic N) is 3. The minimum Gasteiger partial charge on any atom is -0.481 e. The van der Waals surface area contributed by atoms with Crippen LogP contribution in [0.2, 0.25) is 0 Å². The number of carbonyl (C=O) groups is 1. The maximum Gasteiger partial charge on any atom is 0.307 e. The second kappa shape index (κ2) is 5.31. The highest BCUT2D eigenvalue weighted by Crippen LogP contribution is 2.23. The zero-order valence-electron chi connectivity index (χ0n) is 13.1. The molecule has 0 aliphatic carbocycles. The average Bonchev–Trinajstić information content (AvgIpc) is 2.65. The molecule has 2 rings (SSSR count). The second-order valence-corrected chi connectivity index (χ2v) is 6.29. The second-order valence-electron chi connectivity index (χ2n) is 6.29. The SMILES string of the molecule is Cc1nn(-c2ccc(C(C)(C)C)cn2)c(C)c1CC(=O)O. The molecule has 0 aliphatic heterocycles. The Balaban J connectivity index is 2.41. The van der Waals surface area contributed by atoms with Crippen molar-refractivity contribution in [3.8, 4) is 5.82 Å². The molecule has 21 heavy (non-hydrogen) atoms. The van der Waals surface area contributed by atoms with Crippen molar-refractivity contribution in [1.82, 2.24) is 14.8 Å². The van der Waals surface area contributed by atoms with Gasteiger partial charge in [-0.1, -0.05) is 26.8 Å². The third-order valence-corrected chi connectivity index (χ3v) is 3.60. The number of carboxylic acid groups (broad SMARTS) is 1. The topological polar surface area (TPSA) is 68.0 Å². The number of pyridine rings is 1. The number of hydrogen-bond donors (Lipinski definition) is 1. The van der Waals surface area contributed by atoms with Crippen LogP contribution >= 0.6 is 0 Å². The van der Waals surface area contributed by atoms with Crippen molar-refractivity contribution in [1.29, 1.82) is 0 Å². The van der Waals surface area contributed by atoms with E-state index in [4.69, 9.17) is 5.11 Å². The molecule has 0 fully saturated rings. The highest BCUT2D eigenvalue weighted by molar-refractivity contribution is 5.71. The first kappa shape index (κ1) is 15.2. The Morgan fingerprint density at radius 1 is 1.29 bits per heavy atom. The Hall–Kier alpha value is -2.17. The van der Waals surface area contributed by atoms with E-state index in [0.29, 0.717) is 5.82 Å². The van der Waals surface area contributed by atoms with Gasteiger partial charge in [-0.2, -0.15) is 5.10 Å². The van der Waals surface area contributed by atoms with E-state index in [-0.39, 0.29) is 11.8 Å². The first-order valence-electron chi connectivity index (χ1n) is 6.94. The third kappa shape index (κ3) is 3.12.